The van der Waals surface area contributed by atoms with Crippen molar-refractivity contribution in [3.63, 3.8) is 0 Å². The van der Waals surface area contributed by atoms with E-state index in [1.165, 1.54) is 17.0 Å². The molecule has 0 spiro atoms. The molecule has 2 heterocycles. The lowest BCUT2D eigenvalue weighted by Crippen LogP contribution is -2.23. The van der Waals surface area contributed by atoms with Gasteiger partial charge in [0.05, 0.1) is 6.33 Å². The average Bonchev–Trinajstić information content (AvgIpc) is 2.50. The van der Waals surface area contributed by atoms with Crippen molar-refractivity contribution in [1.29, 1.82) is 0 Å². The van der Waals surface area contributed by atoms with Crippen LogP contribution in [0, 0.1) is 0 Å². The molecule has 0 unspecified atom stereocenters. The van der Waals surface area contributed by atoms with Crippen LogP contribution < -0.4 is 19.9 Å². The van der Waals surface area contributed by atoms with Crippen molar-refractivity contribution < 1.29 is 9.47 Å². The van der Waals surface area contributed by atoms with Crippen LogP contribution in [0.1, 0.15) is 5.56 Å². The van der Waals surface area contributed by atoms with Crippen LogP contribution in [0.3, 0.4) is 0 Å². The second-order valence-corrected chi connectivity index (χ2v) is 5.03. The monoisotopic (exact) mass is 287 g/mol. The van der Waals surface area contributed by atoms with Gasteiger partial charge in [-0.2, -0.15) is 0 Å². The van der Waals surface area contributed by atoms with E-state index in [0.29, 0.717) is 25.6 Å². The largest absolute Gasteiger partial charge is 0.486 e. The molecule has 3 rings (SSSR count). The van der Waals surface area contributed by atoms with Gasteiger partial charge in [0.1, 0.15) is 19.0 Å². The molecule has 0 bridgehead atoms. The SMILES string of the molecule is CN(Cc1ccc2c(c1)OCCO2)c1cc(=O)n(C)cn1. The summed E-state index contributed by atoms with van der Waals surface area (Å²) in [4.78, 5) is 17.8. The van der Waals surface area contributed by atoms with Gasteiger partial charge in [0.25, 0.3) is 5.56 Å². The van der Waals surface area contributed by atoms with E-state index < -0.39 is 0 Å². The first-order valence-electron chi connectivity index (χ1n) is 6.76. The third-order valence-corrected chi connectivity index (χ3v) is 3.38. The Hall–Kier alpha value is -2.50. The van der Waals surface area contributed by atoms with Crippen molar-refractivity contribution >= 4 is 5.82 Å². The lowest BCUT2D eigenvalue weighted by molar-refractivity contribution is 0.171. The van der Waals surface area contributed by atoms with E-state index in [9.17, 15) is 4.79 Å². The second-order valence-electron chi connectivity index (χ2n) is 5.03. The maximum atomic E-state index is 11.6. The van der Waals surface area contributed by atoms with Gasteiger partial charge in [-0.1, -0.05) is 6.07 Å². The number of aromatic nitrogens is 2. The lowest BCUT2D eigenvalue weighted by Gasteiger charge is -2.21. The molecule has 6 nitrogen and oxygen atoms in total. The molecule has 0 fully saturated rings. The average molecular weight is 287 g/mol. The Morgan fingerprint density at radius 1 is 1.24 bits per heavy atom. The zero-order valence-electron chi connectivity index (χ0n) is 12.1. The normalized spacial score (nSPS) is 13.0. The molecule has 0 saturated heterocycles. The summed E-state index contributed by atoms with van der Waals surface area (Å²) in [6.07, 6.45) is 1.53. The highest BCUT2D eigenvalue weighted by atomic mass is 16.6. The highest BCUT2D eigenvalue weighted by Crippen LogP contribution is 2.31. The van der Waals surface area contributed by atoms with E-state index in [0.717, 1.165) is 17.1 Å². The summed E-state index contributed by atoms with van der Waals surface area (Å²) in [5, 5.41) is 0. The predicted octanol–water partition coefficient (Wildman–Crippen LogP) is 1.19. The van der Waals surface area contributed by atoms with Crippen LogP contribution in [0.4, 0.5) is 5.82 Å². The summed E-state index contributed by atoms with van der Waals surface area (Å²) in [5.74, 6) is 2.19. The number of fused-ring (bicyclic) bond motifs is 1. The molecule has 0 atom stereocenters. The first kappa shape index (κ1) is 13.5. The van der Waals surface area contributed by atoms with Gasteiger partial charge in [0.15, 0.2) is 11.5 Å². The van der Waals surface area contributed by atoms with Crippen molar-refractivity contribution in [3.05, 3.63) is 46.5 Å². The summed E-state index contributed by atoms with van der Waals surface area (Å²) in [6.45, 7) is 1.79. The van der Waals surface area contributed by atoms with E-state index in [-0.39, 0.29) is 5.56 Å². The zero-order valence-corrected chi connectivity index (χ0v) is 12.1. The van der Waals surface area contributed by atoms with Gasteiger partial charge in [-0.05, 0) is 17.7 Å². The summed E-state index contributed by atoms with van der Waals surface area (Å²) in [6, 6.07) is 7.39. The van der Waals surface area contributed by atoms with Gasteiger partial charge >= 0.3 is 0 Å². The van der Waals surface area contributed by atoms with Gasteiger partial charge in [-0.3, -0.25) is 4.79 Å². The number of rotatable bonds is 3. The smallest absolute Gasteiger partial charge is 0.255 e. The molecule has 110 valence electrons. The molecule has 0 aliphatic carbocycles. The first-order valence-corrected chi connectivity index (χ1v) is 6.76. The van der Waals surface area contributed by atoms with Gasteiger partial charge in [0, 0.05) is 26.7 Å². The van der Waals surface area contributed by atoms with E-state index in [2.05, 4.69) is 4.98 Å². The Morgan fingerprint density at radius 3 is 2.76 bits per heavy atom. The number of aryl methyl sites for hydroxylation is 1. The standard InChI is InChI=1S/C15H17N3O3/c1-17(14-8-15(19)18(2)10-16-14)9-11-3-4-12-13(7-11)21-6-5-20-12/h3-4,7-8,10H,5-6,9H2,1-2H3. The van der Waals surface area contributed by atoms with Crippen LogP contribution in [0.25, 0.3) is 0 Å². The molecule has 1 aliphatic rings. The lowest BCUT2D eigenvalue weighted by atomic mass is 10.2. The molecule has 2 aromatic rings. The van der Waals surface area contributed by atoms with E-state index >= 15 is 0 Å². The number of anilines is 1. The van der Waals surface area contributed by atoms with Crippen molar-refractivity contribution in [1.82, 2.24) is 9.55 Å². The molecule has 0 amide bonds. The molecule has 1 aliphatic heterocycles. The maximum absolute atomic E-state index is 11.6. The van der Waals surface area contributed by atoms with Crippen molar-refractivity contribution in [3.8, 4) is 11.5 Å². The zero-order chi connectivity index (χ0) is 14.8. The molecule has 21 heavy (non-hydrogen) atoms. The molecule has 0 N–H and O–H groups in total. The number of benzene rings is 1. The molecule has 0 saturated carbocycles. The molecular weight excluding hydrogens is 270 g/mol. The van der Waals surface area contributed by atoms with Gasteiger partial charge in [0.2, 0.25) is 0 Å². The Balaban J connectivity index is 1.79. The molecule has 1 aromatic carbocycles. The van der Waals surface area contributed by atoms with E-state index in [4.69, 9.17) is 9.47 Å². The Labute approximate surface area is 122 Å². The number of hydrogen-bond acceptors (Lipinski definition) is 5. The minimum Gasteiger partial charge on any atom is -0.486 e. The van der Waals surface area contributed by atoms with Crippen LogP contribution in [-0.2, 0) is 13.6 Å². The third-order valence-electron chi connectivity index (χ3n) is 3.38. The van der Waals surface area contributed by atoms with Gasteiger partial charge < -0.3 is 18.9 Å². The highest BCUT2D eigenvalue weighted by molar-refractivity contribution is 5.45. The predicted molar refractivity (Wildman–Crippen MR) is 79.0 cm³/mol. The van der Waals surface area contributed by atoms with Crippen LogP contribution in [0.15, 0.2) is 35.4 Å². The molecular formula is C15H17N3O3. The Morgan fingerprint density at radius 2 is 2.00 bits per heavy atom. The quantitative estimate of drug-likeness (QED) is 0.848. The minimum atomic E-state index is -0.0750. The fourth-order valence-corrected chi connectivity index (χ4v) is 2.20. The minimum absolute atomic E-state index is 0.0750. The third kappa shape index (κ3) is 2.84. The van der Waals surface area contributed by atoms with Crippen molar-refractivity contribution in [2.75, 3.05) is 25.2 Å². The molecule has 6 heteroatoms. The Kier molecular flexibility index (Phi) is 3.51. The topological polar surface area (TPSA) is 56.6 Å². The van der Waals surface area contributed by atoms with Crippen LogP contribution in [0.5, 0.6) is 11.5 Å². The fraction of sp³-hybridized carbons (Fsp3) is 0.333. The number of nitrogens with zero attached hydrogens (tertiary/aromatic N) is 3. The molecule has 1 aromatic heterocycles. The van der Waals surface area contributed by atoms with E-state index in [1.54, 1.807) is 7.05 Å². The van der Waals surface area contributed by atoms with Crippen molar-refractivity contribution in [2.24, 2.45) is 7.05 Å². The Bertz CT molecular complexity index is 712. The van der Waals surface area contributed by atoms with Crippen LogP contribution in [-0.4, -0.2) is 29.8 Å². The van der Waals surface area contributed by atoms with Gasteiger partial charge in [-0.25, -0.2) is 4.98 Å². The highest BCUT2D eigenvalue weighted by Gasteiger charge is 2.13. The summed E-state index contributed by atoms with van der Waals surface area (Å²) in [5.41, 5.74) is 0.998. The van der Waals surface area contributed by atoms with E-state index in [1.807, 2.05) is 30.1 Å². The summed E-state index contributed by atoms with van der Waals surface area (Å²) >= 11 is 0. The summed E-state index contributed by atoms with van der Waals surface area (Å²) < 4.78 is 12.5. The molecule has 0 radical (unpaired) electrons. The number of ether oxygens (including phenoxy) is 2. The second kappa shape index (κ2) is 5.47. The first-order chi connectivity index (χ1) is 10.1. The van der Waals surface area contributed by atoms with Gasteiger partial charge in [-0.15, -0.1) is 0 Å². The number of hydrogen-bond donors (Lipinski definition) is 0. The van der Waals surface area contributed by atoms with Crippen LogP contribution in [0.2, 0.25) is 0 Å². The maximum Gasteiger partial charge on any atom is 0.255 e. The van der Waals surface area contributed by atoms with Crippen LogP contribution >= 0.6 is 0 Å². The van der Waals surface area contributed by atoms with Crippen molar-refractivity contribution in [2.45, 2.75) is 6.54 Å². The fourth-order valence-electron chi connectivity index (χ4n) is 2.20. The summed E-state index contributed by atoms with van der Waals surface area (Å²) in [7, 11) is 3.58.